The molecule has 4 nitrogen and oxygen atoms in total. The first-order valence-electron chi connectivity index (χ1n) is 12.6. The number of ether oxygens (including phenoxy) is 1. The summed E-state index contributed by atoms with van der Waals surface area (Å²) in [5.41, 5.74) is 4.38. The normalized spacial score (nSPS) is 19.4. The summed E-state index contributed by atoms with van der Waals surface area (Å²) >= 11 is 12.7. The number of hydrogen-bond acceptors (Lipinski definition) is 3. The Labute approximate surface area is 223 Å². The topological polar surface area (TPSA) is 32.8 Å². The van der Waals surface area contributed by atoms with Crippen LogP contribution in [0.5, 0.6) is 5.75 Å². The molecular formula is C30H32Cl2N2O2. The van der Waals surface area contributed by atoms with E-state index in [0.29, 0.717) is 16.0 Å². The number of hydrogen-bond donors (Lipinski definition) is 0. The molecule has 2 heterocycles. The fourth-order valence-corrected chi connectivity index (χ4v) is 6.22. The van der Waals surface area contributed by atoms with Crippen molar-refractivity contribution in [3.8, 4) is 5.75 Å². The average molecular weight is 524 g/mol. The van der Waals surface area contributed by atoms with E-state index in [1.807, 2.05) is 48.3 Å². The lowest BCUT2D eigenvalue weighted by atomic mass is 9.84. The van der Waals surface area contributed by atoms with E-state index < -0.39 is 0 Å². The van der Waals surface area contributed by atoms with Crippen LogP contribution < -0.4 is 4.74 Å². The summed E-state index contributed by atoms with van der Waals surface area (Å²) in [6, 6.07) is 22.3. The highest BCUT2D eigenvalue weighted by Crippen LogP contribution is 2.45. The minimum Gasteiger partial charge on any atom is -0.497 e. The van der Waals surface area contributed by atoms with Gasteiger partial charge in [0.15, 0.2) is 0 Å². The first kappa shape index (κ1) is 25.1. The molecule has 0 saturated carbocycles. The fourth-order valence-electron chi connectivity index (χ4n) is 5.92. The summed E-state index contributed by atoms with van der Waals surface area (Å²) in [6.07, 6.45) is 3.20. The molecule has 1 amide bonds. The zero-order valence-corrected chi connectivity index (χ0v) is 22.3. The summed E-state index contributed by atoms with van der Waals surface area (Å²) in [7, 11) is 3.64. The number of nitrogens with zero attached hydrogens (tertiary/aromatic N) is 2. The fraction of sp³-hybridized carbons (Fsp3) is 0.367. The van der Waals surface area contributed by atoms with Gasteiger partial charge in [0.2, 0.25) is 0 Å². The van der Waals surface area contributed by atoms with E-state index in [4.69, 9.17) is 27.9 Å². The first-order chi connectivity index (χ1) is 17.5. The maximum atomic E-state index is 13.0. The molecule has 0 N–H and O–H groups in total. The van der Waals surface area contributed by atoms with Crippen LogP contribution in [0.2, 0.25) is 10.0 Å². The molecule has 36 heavy (non-hydrogen) atoms. The molecule has 2 unspecified atom stereocenters. The molecule has 0 aromatic heterocycles. The Kier molecular flexibility index (Phi) is 7.57. The van der Waals surface area contributed by atoms with Gasteiger partial charge in [-0.25, -0.2) is 0 Å². The molecule has 1 saturated heterocycles. The van der Waals surface area contributed by atoms with Crippen LogP contribution in [0.3, 0.4) is 0 Å². The van der Waals surface area contributed by atoms with Gasteiger partial charge in [-0.2, -0.15) is 0 Å². The summed E-state index contributed by atoms with van der Waals surface area (Å²) in [4.78, 5) is 17.5. The number of rotatable bonds is 7. The molecule has 0 spiro atoms. The highest BCUT2D eigenvalue weighted by atomic mass is 35.5. The maximum absolute atomic E-state index is 13.0. The smallest absolute Gasteiger partial charge is 0.254 e. The largest absolute Gasteiger partial charge is 0.497 e. The second kappa shape index (κ2) is 10.8. The Bertz CT molecular complexity index is 1240. The van der Waals surface area contributed by atoms with E-state index in [2.05, 4.69) is 35.2 Å². The SMILES string of the molecule is COc1cccc(C2CCN(CCC(c3ccc(Cl)c(Cl)c3)C3c4ccccc4C(=O)N3C)CC2)c1. The molecule has 1 fully saturated rings. The summed E-state index contributed by atoms with van der Waals surface area (Å²) in [5, 5.41) is 1.11. The molecule has 6 heteroatoms. The molecule has 2 aliphatic heterocycles. The average Bonchev–Trinajstić information content (AvgIpc) is 3.16. The monoisotopic (exact) mass is 522 g/mol. The number of carbonyl (C=O) groups is 1. The van der Waals surface area contributed by atoms with Crippen molar-refractivity contribution < 1.29 is 9.53 Å². The Hall–Kier alpha value is -2.53. The van der Waals surface area contributed by atoms with E-state index in [0.717, 1.165) is 61.3 Å². The number of carbonyl (C=O) groups excluding carboxylic acids is 1. The molecule has 2 aliphatic rings. The molecule has 0 aliphatic carbocycles. The number of piperidine rings is 1. The molecule has 0 bridgehead atoms. The number of fused-ring (bicyclic) bond motifs is 1. The first-order valence-corrected chi connectivity index (χ1v) is 13.4. The summed E-state index contributed by atoms with van der Waals surface area (Å²) < 4.78 is 5.42. The van der Waals surface area contributed by atoms with Crippen molar-refractivity contribution in [1.29, 1.82) is 0 Å². The van der Waals surface area contributed by atoms with Gasteiger partial charge in [0, 0.05) is 18.5 Å². The van der Waals surface area contributed by atoms with E-state index in [1.165, 1.54) is 5.56 Å². The number of amides is 1. The lowest BCUT2D eigenvalue weighted by Crippen LogP contribution is -2.35. The minimum atomic E-state index is -0.0275. The lowest BCUT2D eigenvalue weighted by Gasteiger charge is -2.35. The van der Waals surface area contributed by atoms with E-state index in [1.54, 1.807) is 7.11 Å². The minimum absolute atomic E-state index is 0.0275. The van der Waals surface area contributed by atoms with Gasteiger partial charge >= 0.3 is 0 Å². The number of benzene rings is 3. The Balaban J connectivity index is 1.33. The Morgan fingerprint density at radius 1 is 0.972 bits per heavy atom. The van der Waals surface area contributed by atoms with Crippen LogP contribution in [-0.4, -0.2) is 49.5 Å². The van der Waals surface area contributed by atoms with Crippen LogP contribution in [0.1, 0.15) is 64.2 Å². The third-order valence-corrected chi connectivity index (χ3v) is 8.65. The van der Waals surface area contributed by atoms with Crippen molar-refractivity contribution in [3.63, 3.8) is 0 Å². The molecule has 3 aromatic carbocycles. The molecule has 2 atom stereocenters. The van der Waals surface area contributed by atoms with Crippen LogP contribution in [0.25, 0.3) is 0 Å². The quantitative estimate of drug-likeness (QED) is 0.329. The predicted octanol–water partition coefficient (Wildman–Crippen LogP) is 7.18. The highest BCUT2D eigenvalue weighted by Gasteiger charge is 2.39. The molecule has 0 radical (unpaired) electrons. The van der Waals surface area contributed by atoms with E-state index in [-0.39, 0.29) is 17.9 Å². The van der Waals surface area contributed by atoms with Crippen molar-refractivity contribution >= 4 is 29.1 Å². The van der Waals surface area contributed by atoms with Gasteiger partial charge in [-0.3, -0.25) is 4.79 Å². The van der Waals surface area contributed by atoms with Gasteiger partial charge in [0.25, 0.3) is 5.91 Å². The van der Waals surface area contributed by atoms with Gasteiger partial charge in [-0.15, -0.1) is 0 Å². The number of halogens is 2. The number of methoxy groups -OCH3 is 1. The predicted molar refractivity (Wildman–Crippen MR) is 147 cm³/mol. The lowest BCUT2D eigenvalue weighted by molar-refractivity contribution is 0.0746. The molecule has 5 rings (SSSR count). The zero-order valence-electron chi connectivity index (χ0n) is 20.8. The van der Waals surface area contributed by atoms with Gasteiger partial charge in [-0.1, -0.05) is 59.6 Å². The number of likely N-dealkylation sites (N-methyl/N-ethyl adjacent to an activating group) is 1. The van der Waals surface area contributed by atoms with Crippen molar-refractivity contribution in [3.05, 3.63) is 99.0 Å². The van der Waals surface area contributed by atoms with Crippen LogP contribution in [0.4, 0.5) is 0 Å². The molecular weight excluding hydrogens is 491 g/mol. The summed E-state index contributed by atoms with van der Waals surface area (Å²) in [5.74, 6) is 1.69. The Morgan fingerprint density at radius 2 is 1.75 bits per heavy atom. The number of likely N-dealkylation sites (tertiary alicyclic amines) is 1. The highest BCUT2D eigenvalue weighted by molar-refractivity contribution is 6.42. The third-order valence-electron chi connectivity index (χ3n) is 7.91. The standard InChI is InChI=1S/C30H32Cl2N2O2/c1-33-29(25-8-3-4-9-26(25)30(33)35)24(22-10-11-27(31)28(32)19-22)14-17-34-15-12-20(13-16-34)21-6-5-7-23(18-21)36-2/h3-11,18-20,24,29H,12-17H2,1-2H3. The summed E-state index contributed by atoms with van der Waals surface area (Å²) in [6.45, 7) is 3.09. The van der Waals surface area contributed by atoms with Gasteiger partial charge in [-0.05, 0) is 91.8 Å². The van der Waals surface area contributed by atoms with Crippen LogP contribution in [-0.2, 0) is 0 Å². The third kappa shape index (κ3) is 5.00. The van der Waals surface area contributed by atoms with Gasteiger partial charge in [0.1, 0.15) is 5.75 Å². The second-order valence-corrected chi connectivity index (χ2v) is 10.7. The molecule has 3 aromatic rings. The molecule has 188 valence electrons. The van der Waals surface area contributed by atoms with Gasteiger partial charge in [0.05, 0.1) is 23.2 Å². The van der Waals surface area contributed by atoms with Crippen molar-refractivity contribution in [1.82, 2.24) is 9.80 Å². The maximum Gasteiger partial charge on any atom is 0.254 e. The van der Waals surface area contributed by atoms with Crippen LogP contribution >= 0.6 is 23.2 Å². The van der Waals surface area contributed by atoms with Crippen LogP contribution in [0, 0.1) is 0 Å². The van der Waals surface area contributed by atoms with Crippen LogP contribution in [0.15, 0.2) is 66.7 Å². The van der Waals surface area contributed by atoms with Crippen molar-refractivity contribution in [2.45, 2.75) is 37.1 Å². The Morgan fingerprint density at radius 3 is 2.50 bits per heavy atom. The van der Waals surface area contributed by atoms with Crippen molar-refractivity contribution in [2.24, 2.45) is 0 Å². The zero-order chi connectivity index (χ0) is 25.2. The van der Waals surface area contributed by atoms with Crippen molar-refractivity contribution in [2.75, 3.05) is 33.8 Å². The van der Waals surface area contributed by atoms with E-state index in [9.17, 15) is 4.79 Å². The van der Waals surface area contributed by atoms with E-state index >= 15 is 0 Å². The van der Waals surface area contributed by atoms with Gasteiger partial charge < -0.3 is 14.5 Å². The second-order valence-electron chi connectivity index (χ2n) is 9.91.